The fourth-order valence-electron chi connectivity index (χ4n) is 1.28. The van der Waals surface area contributed by atoms with E-state index in [0.717, 1.165) is 6.42 Å². The second-order valence-corrected chi connectivity index (χ2v) is 5.01. The first-order chi connectivity index (χ1) is 8.36. The Balaban J connectivity index is 0. The maximum absolute atomic E-state index is 3.19. The molecule has 0 aromatic carbocycles. The number of allylic oxidation sites excluding steroid dienone is 4. The van der Waals surface area contributed by atoms with Crippen molar-refractivity contribution in [3.63, 3.8) is 0 Å². The fourth-order valence-corrected chi connectivity index (χ4v) is 1.28. The van der Waals surface area contributed by atoms with E-state index in [1.807, 2.05) is 23.8 Å². The van der Waals surface area contributed by atoms with E-state index < -0.39 is 0 Å². The second-order valence-electron chi connectivity index (χ2n) is 5.01. The summed E-state index contributed by atoms with van der Waals surface area (Å²) in [7, 11) is 2.02. The van der Waals surface area contributed by atoms with Gasteiger partial charge in [-0.05, 0) is 7.05 Å². The van der Waals surface area contributed by atoms with Gasteiger partial charge in [-0.25, -0.2) is 12.2 Å². The smallest absolute Gasteiger partial charge is 0.470 e. The molecule has 1 aromatic heterocycles. The molecular formula is C17H26NRu. The summed E-state index contributed by atoms with van der Waals surface area (Å²) in [5.41, 5.74) is 3.93. The largest absolute Gasteiger partial charge is 3.00 e. The van der Waals surface area contributed by atoms with Crippen molar-refractivity contribution in [1.82, 2.24) is 4.57 Å². The van der Waals surface area contributed by atoms with Crippen molar-refractivity contribution in [2.24, 2.45) is 7.05 Å². The predicted octanol–water partition coefficient (Wildman–Crippen LogP) is 4.67. The summed E-state index contributed by atoms with van der Waals surface area (Å²) in [5, 5.41) is 0. The van der Waals surface area contributed by atoms with Gasteiger partial charge in [0.1, 0.15) is 0 Å². The van der Waals surface area contributed by atoms with Crippen LogP contribution in [0, 0.1) is 39.0 Å². The van der Waals surface area contributed by atoms with Gasteiger partial charge in [0, 0.05) is 0 Å². The first kappa shape index (κ1) is 20.7. The van der Waals surface area contributed by atoms with E-state index in [2.05, 4.69) is 59.9 Å². The molecule has 0 atom stereocenters. The number of aromatic nitrogens is 1. The monoisotopic (exact) mass is 346 g/mol. The first-order valence-electron chi connectivity index (χ1n) is 6.36. The van der Waals surface area contributed by atoms with Crippen molar-refractivity contribution in [3.05, 3.63) is 53.2 Å². The summed E-state index contributed by atoms with van der Waals surface area (Å²) in [6.45, 7) is 12.6. The van der Waals surface area contributed by atoms with Crippen LogP contribution in [0.25, 0.3) is 0 Å². The third-order valence-corrected chi connectivity index (χ3v) is 2.53. The number of nitrogens with zero attached hydrogens (tertiary/aromatic N) is 1. The molecule has 1 aliphatic carbocycles. The van der Waals surface area contributed by atoms with E-state index in [9.17, 15) is 0 Å². The van der Waals surface area contributed by atoms with Crippen molar-refractivity contribution in [2.45, 2.75) is 48.0 Å². The Hall–Kier alpha value is -0.617. The molecule has 0 saturated carbocycles. The van der Waals surface area contributed by atoms with Crippen LogP contribution in [0.15, 0.2) is 18.2 Å². The third-order valence-electron chi connectivity index (χ3n) is 2.53. The molecule has 0 bridgehead atoms. The molecule has 0 unspecified atom stereocenters. The van der Waals surface area contributed by atoms with Crippen LogP contribution in [0.1, 0.15) is 44.0 Å². The predicted molar refractivity (Wildman–Crippen MR) is 80.3 cm³/mol. The molecular weight excluding hydrogens is 319 g/mol. The quantitative estimate of drug-likeness (QED) is 0.475. The molecule has 1 radical (unpaired) electrons. The molecule has 1 nitrogen and oxygen atoms in total. The zero-order valence-corrected chi connectivity index (χ0v) is 15.0. The van der Waals surface area contributed by atoms with Crippen LogP contribution >= 0.6 is 0 Å². The van der Waals surface area contributed by atoms with Gasteiger partial charge in [0.2, 0.25) is 0 Å². The van der Waals surface area contributed by atoms with Crippen LogP contribution < -0.4 is 0 Å². The summed E-state index contributed by atoms with van der Waals surface area (Å²) < 4.78 is 2.03. The molecule has 0 spiro atoms. The molecule has 0 fully saturated rings. The minimum Gasteiger partial charge on any atom is -0.470 e. The number of hydrogen-bond donors (Lipinski definition) is 0. The molecule has 1 aromatic rings. The summed E-state index contributed by atoms with van der Waals surface area (Å²) in [5.74, 6) is 1.42. The fraction of sp³-hybridized carbons (Fsp3) is 0.471. The molecule has 0 saturated heterocycles. The van der Waals surface area contributed by atoms with Gasteiger partial charge in [0.05, 0.1) is 0 Å². The average Bonchev–Trinajstić information content (AvgIpc) is 2.89. The maximum Gasteiger partial charge on any atom is 3.00 e. The SMILES string of the molecule is C[C-](C)C.Cc1[c-]n(C)c(C)c1C.[C-]1=CC=CC1.[Ru+3]. The van der Waals surface area contributed by atoms with Crippen molar-refractivity contribution in [3.8, 4) is 0 Å². The molecule has 2 heteroatoms. The van der Waals surface area contributed by atoms with Gasteiger partial charge >= 0.3 is 19.5 Å². The van der Waals surface area contributed by atoms with Gasteiger partial charge in [-0.3, -0.25) is 6.08 Å². The number of hydrogen-bond acceptors (Lipinski definition) is 0. The maximum atomic E-state index is 3.19. The molecule has 1 aliphatic rings. The van der Waals surface area contributed by atoms with Crippen LogP contribution in [0.3, 0.4) is 0 Å². The summed E-state index contributed by atoms with van der Waals surface area (Å²) in [6.07, 6.45) is 13.2. The minimum absolute atomic E-state index is 0. The van der Waals surface area contributed by atoms with Crippen LogP contribution in [-0.4, -0.2) is 4.57 Å². The Morgan fingerprint density at radius 1 is 1.16 bits per heavy atom. The van der Waals surface area contributed by atoms with Gasteiger partial charge in [-0.2, -0.15) is 38.0 Å². The average molecular weight is 345 g/mol. The van der Waals surface area contributed by atoms with E-state index in [-0.39, 0.29) is 19.5 Å². The Bertz CT molecular complexity index is 362. The van der Waals surface area contributed by atoms with E-state index in [4.69, 9.17) is 0 Å². The van der Waals surface area contributed by atoms with E-state index in [1.54, 1.807) is 0 Å². The molecule has 0 aliphatic heterocycles. The normalized spacial score (nSPS) is 11.4. The molecule has 1 heterocycles. The second kappa shape index (κ2) is 11.2. The van der Waals surface area contributed by atoms with Crippen molar-refractivity contribution in [1.29, 1.82) is 0 Å². The molecule has 0 N–H and O–H groups in total. The van der Waals surface area contributed by atoms with E-state index in [1.165, 1.54) is 22.7 Å². The minimum atomic E-state index is 0. The summed E-state index contributed by atoms with van der Waals surface area (Å²) >= 11 is 0. The van der Waals surface area contributed by atoms with E-state index in [0.29, 0.717) is 0 Å². The summed E-state index contributed by atoms with van der Waals surface area (Å²) in [4.78, 5) is 0. The van der Waals surface area contributed by atoms with Crippen LogP contribution in [0.5, 0.6) is 0 Å². The Morgan fingerprint density at radius 3 is 1.79 bits per heavy atom. The van der Waals surface area contributed by atoms with Crippen molar-refractivity contribution in [2.75, 3.05) is 0 Å². The summed E-state index contributed by atoms with van der Waals surface area (Å²) in [6, 6.07) is 0. The van der Waals surface area contributed by atoms with Gasteiger partial charge in [-0.1, -0.05) is 20.8 Å². The van der Waals surface area contributed by atoms with Gasteiger partial charge < -0.3 is 10.5 Å². The van der Waals surface area contributed by atoms with Crippen LogP contribution in [0.4, 0.5) is 0 Å². The molecule has 0 amide bonds. The van der Waals surface area contributed by atoms with E-state index >= 15 is 0 Å². The van der Waals surface area contributed by atoms with Gasteiger partial charge in [-0.15, -0.1) is 18.3 Å². The van der Waals surface area contributed by atoms with Crippen LogP contribution in [-0.2, 0) is 26.5 Å². The molecule has 107 valence electrons. The number of aryl methyl sites for hydroxylation is 2. The zero-order valence-electron chi connectivity index (χ0n) is 13.2. The molecule has 19 heavy (non-hydrogen) atoms. The number of rotatable bonds is 0. The third kappa shape index (κ3) is 9.90. The zero-order chi connectivity index (χ0) is 14.1. The molecule has 2 rings (SSSR count). The van der Waals surface area contributed by atoms with Crippen molar-refractivity contribution < 1.29 is 19.5 Å². The van der Waals surface area contributed by atoms with Crippen LogP contribution in [0.2, 0.25) is 0 Å². The Kier molecular flexibility index (Phi) is 12.2. The first-order valence-corrected chi connectivity index (χ1v) is 6.36. The Labute approximate surface area is 132 Å². The topological polar surface area (TPSA) is 4.93 Å². The van der Waals surface area contributed by atoms with Gasteiger partial charge in [0.15, 0.2) is 0 Å². The standard InChI is InChI=1S/C8H12N.C5H5.C4H9.Ru/c1-6-5-9(4)8(3)7(6)2;1-2-4-5-3-1;1-4(2)3;/h1-4H3;1-3H,4H2;1-3H3;/q3*-1;+3. The van der Waals surface area contributed by atoms with Crippen molar-refractivity contribution >= 4 is 0 Å². The Morgan fingerprint density at radius 2 is 1.68 bits per heavy atom. The van der Waals surface area contributed by atoms with Gasteiger partial charge in [0.25, 0.3) is 0 Å².